The standard InChI is InChI=1S/C27H34N2O5/c1-4-28(19-22(25(30)33-5-2)17-16-20-12-8-7-9-13-20)27(32)29-23-15-11-10-14-21(23)18-24(29)26(31)34-6-3/h7-15,22,24H,4-6,16-19H2,1-3H3/t22-,24+/m1/s1. The Morgan fingerprint density at radius 1 is 0.971 bits per heavy atom. The minimum absolute atomic E-state index is 0.217. The SMILES string of the molecule is CCOC(=O)[C@H](CCc1ccccc1)CN(CC)C(=O)N1c2ccccc2C[C@H]1C(=O)OCC. The van der Waals surface area contributed by atoms with Gasteiger partial charge in [0.1, 0.15) is 6.04 Å². The zero-order valence-electron chi connectivity index (χ0n) is 20.2. The molecule has 0 saturated carbocycles. The van der Waals surface area contributed by atoms with Crippen LogP contribution in [-0.2, 0) is 31.9 Å². The Labute approximate surface area is 201 Å². The van der Waals surface area contributed by atoms with E-state index in [0.717, 1.165) is 11.1 Å². The Morgan fingerprint density at radius 3 is 2.32 bits per heavy atom. The van der Waals surface area contributed by atoms with Crippen molar-refractivity contribution in [2.24, 2.45) is 5.92 Å². The maximum Gasteiger partial charge on any atom is 0.329 e. The van der Waals surface area contributed by atoms with Crippen LogP contribution in [-0.4, -0.2) is 55.2 Å². The highest BCUT2D eigenvalue weighted by atomic mass is 16.5. The third kappa shape index (κ3) is 5.95. The molecule has 0 spiro atoms. The molecule has 7 heteroatoms. The molecule has 7 nitrogen and oxygen atoms in total. The summed E-state index contributed by atoms with van der Waals surface area (Å²) >= 11 is 0. The van der Waals surface area contributed by atoms with Gasteiger partial charge in [0.25, 0.3) is 0 Å². The van der Waals surface area contributed by atoms with Gasteiger partial charge in [-0.1, -0.05) is 48.5 Å². The molecule has 0 radical (unpaired) electrons. The molecule has 0 aliphatic carbocycles. The fourth-order valence-corrected chi connectivity index (χ4v) is 4.34. The van der Waals surface area contributed by atoms with Crippen molar-refractivity contribution in [2.45, 2.75) is 46.1 Å². The monoisotopic (exact) mass is 466 g/mol. The first-order valence-corrected chi connectivity index (χ1v) is 12.0. The van der Waals surface area contributed by atoms with Crippen molar-refractivity contribution in [3.63, 3.8) is 0 Å². The number of hydrogen-bond donors (Lipinski definition) is 0. The predicted molar refractivity (Wildman–Crippen MR) is 131 cm³/mol. The van der Waals surface area contributed by atoms with Gasteiger partial charge >= 0.3 is 18.0 Å². The molecule has 2 aromatic carbocycles. The number of ether oxygens (including phenoxy) is 2. The van der Waals surface area contributed by atoms with Crippen LogP contribution >= 0.6 is 0 Å². The van der Waals surface area contributed by atoms with E-state index in [1.54, 1.807) is 18.7 Å². The first kappa shape index (κ1) is 25.3. The van der Waals surface area contributed by atoms with Crippen LogP contribution in [0.5, 0.6) is 0 Å². The van der Waals surface area contributed by atoms with Crippen LogP contribution in [0.1, 0.15) is 38.3 Å². The Bertz CT molecular complexity index is 978. The molecule has 182 valence electrons. The first-order valence-electron chi connectivity index (χ1n) is 12.0. The molecule has 3 rings (SSSR count). The Kier molecular flexibility index (Phi) is 9.08. The number of amides is 2. The van der Waals surface area contributed by atoms with Gasteiger partial charge in [-0.25, -0.2) is 9.59 Å². The molecule has 0 aromatic heterocycles. The molecule has 1 aliphatic rings. The maximum atomic E-state index is 13.7. The molecule has 2 amide bonds. The zero-order chi connectivity index (χ0) is 24.5. The van der Waals surface area contributed by atoms with Crippen molar-refractivity contribution < 1.29 is 23.9 Å². The minimum Gasteiger partial charge on any atom is -0.466 e. The van der Waals surface area contributed by atoms with Gasteiger partial charge in [0.2, 0.25) is 0 Å². The summed E-state index contributed by atoms with van der Waals surface area (Å²) in [4.78, 5) is 42.4. The topological polar surface area (TPSA) is 76.2 Å². The molecule has 0 bridgehead atoms. The lowest BCUT2D eigenvalue weighted by Gasteiger charge is -2.32. The van der Waals surface area contributed by atoms with E-state index >= 15 is 0 Å². The summed E-state index contributed by atoms with van der Waals surface area (Å²) in [5.41, 5.74) is 2.76. The van der Waals surface area contributed by atoms with E-state index in [-0.39, 0.29) is 31.8 Å². The van der Waals surface area contributed by atoms with E-state index < -0.39 is 17.9 Å². The molecule has 2 aromatic rings. The molecular weight excluding hydrogens is 432 g/mol. The van der Waals surface area contributed by atoms with Crippen molar-refractivity contribution in [1.29, 1.82) is 0 Å². The van der Waals surface area contributed by atoms with Crippen molar-refractivity contribution in [1.82, 2.24) is 4.90 Å². The summed E-state index contributed by atoms with van der Waals surface area (Å²) in [6, 6.07) is 16.4. The van der Waals surface area contributed by atoms with E-state index in [4.69, 9.17) is 9.47 Å². The lowest BCUT2D eigenvalue weighted by Crippen LogP contribution is -2.51. The molecule has 1 aliphatic heterocycles. The number of esters is 2. The number of fused-ring (bicyclic) bond motifs is 1. The normalized spacial score (nSPS) is 15.4. The predicted octanol–water partition coefficient (Wildman–Crippen LogP) is 4.23. The van der Waals surface area contributed by atoms with Crippen molar-refractivity contribution in [3.05, 3.63) is 65.7 Å². The van der Waals surface area contributed by atoms with Gasteiger partial charge in [0, 0.05) is 25.2 Å². The highest BCUT2D eigenvalue weighted by Crippen LogP contribution is 2.34. The fraction of sp³-hybridized carbons (Fsp3) is 0.444. The number of nitrogens with zero attached hydrogens (tertiary/aromatic N) is 2. The summed E-state index contributed by atoms with van der Waals surface area (Å²) in [6.45, 7) is 6.55. The van der Waals surface area contributed by atoms with Gasteiger partial charge in [-0.2, -0.15) is 0 Å². The van der Waals surface area contributed by atoms with Gasteiger partial charge in [-0.05, 0) is 50.8 Å². The van der Waals surface area contributed by atoms with E-state index in [2.05, 4.69) is 0 Å². The second-order valence-electron chi connectivity index (χ2n) is 8.27. The number of carbonyl (C=O) groups is 3. The lowest BCUT2D eigenvalue weighted by molar-refractivity contribution is -0.149. The second kappa shape index (κ2) is 12.2. The van der Waals surface area contributed by atoms with Gasteiger partial charge in [-0.3, -0.25) is 9.69 Å². The van der Waals surface area contributed by atoms with Crippen LogP contribution < -0.4 is 4.90 Å². The summed E-state index contributed by atoms with van der Waals surface area (Å²) in [5.74, 6) is -1.20. The molecule has 1 heterocycles. The van der Waals surface area contributed by atoms with Crippen molar-refractivity contribution in [2.75, 3.05) is 31.2 Å². The Morgan fingerprint density at radius 2 is 1.65 bits per heavy atom. The van der Waals surface area contributed by atoms with E-state index in [1.165, 1.54) is 4.90 Å². The first-order chi connectivity index (χ1) is 16.5. The zero-order valence-corrected chi connectivity index (χ0v) is 20.2. The van der Waals surface area contributed by atoms with Crippen LogP contribution in [0.2, 0.25) is 0 Å². The van der Waals surface area contributed by atoms with Gasteiger partial charge in [0.15, 0.2) is 0 Å². The molecule has 0 N–H and O–H groups in total. The largest absolute Gasteiger partial charge is 0.466 e. The summed E-state index contributed by atoms with van der Waals surface area (Å²) in [6.07, 6.45) is 1.67. The number of hydrogen-bond acceptors (Lipinski definition) is 5. The highest BCUT2D eigenvalue weighted by molar-refractivity contribution is 6.01. The Balaban J connectivity index is 1.81. The number of para-hydroxylation sites is 1. The molecule has 0 saturated heterocycles. The van der Waals surface area contributed by atoms with Crippen LogP contribution in [0.3, 0.4) is 0 Å². The van der Waals surface area contributed by atoms with Crippen molar-refractivity contribution >= 4 is 23.7 Å². The smallest absolute Gasteiger partial charge is 0.329 e. The quantitative estimate of drug-likeness (QED) is 0.490. The van der Waals surface area contributed by atoms with Crippen LogP contribution in [0.25, 0.3) is 0 Å². The summed E-state index contributed by atoms with van der Waals surface area (Å²) < 4.78 is 10.6. The maximum absolute atomic E-state index is 13.7. The average molecular weight is 467 g/mol. The van der Waals surface area contributed by atoms with Crippen molar-refractivity contribution in [3.8, 4) is 0 Å². The number of urea groups is 1. The van der Waals surface area contributed by atoms with E-state index in [0.29, 0.717) is 31.5 Å². The van der Waals surface area contributed by atoms with Gasteiger partial charge in [-0.15, -0.1) is 0 Å². The third-order valence-electron chi connectivity index (χ3n) is 6.08. The van der Waals surface area contributed by atoms with Crippen LogP contribution in [0, 0.1) is 5.92 Å². The van der Waals surface area contributed by atoms with Crippen LogP contribution in [0.15, 0.2) is 54.6 Å². The van der Waals surface area contributed by atoms with Gasteiger partial charge < -0.3 is 14.4 Å². The van der Waals surface area contributed by atoms with Gasteiger partial charge in [0.05, 0.1) is 19.1 Å². The van der Waals surface area contributed by atoms with E-state index in [9.17, 15) is 14.4 Å². The number of anilines is 1. The average Bonchev–Trinajstić information content (AvgIpc) is 3.24. The number of aryl methyl sites for hydroxylation is 1. The number of rotatable bonds is 10. The molecule has 0 unspecified atom stereocenters. The number of carbonyl (C=O) groups excluding carboxylic acids is 3. The summed E-state index contributed by atoms with van der Waals surface area (Å²) in [5, 5.41) is 0. The molecular formula is C27H34N2O5. The minimum atomic E-state index is -0.718. The molecule has 0 fully saturated rings. The summed E-state index contributed by atoms with van der Waals surface area (Å²) in [7, 11) is 0. The highest BCUT2D eigenvalue weighted by Gasteiger charge is 2.41. The molecule has 34 heavy (non-hydrogen) atoms. The third-order valence-corrected chi connectivity index (χ3v) is 6.08. The lowest BCUT2D eigenvalue weighted by atomic mass is 9.99. The molecule has 2 atom stereocenters. The van der Waals surface area contributed by atoms with Crippen LogP contribution in [0.4, 0.5) is 10.5 Å². The van der Waals surface area contributed by atoms with E-state index in [1.807, 2.05) is 61.5 Å². The fourth-order valence-electron chi connectivity index (χ4n) is 4.34. The Hall–Kier alpha value is -3.35. The second-order valence-corrected chi connectivity index (χ2v) is 8.27. The number of benzene rings is 2.